The number of benzene rings is 1. The van der Waals surface area contributed by atoms with Crippen molar-refractivity contribution < 1.29 is 23.8 Å². The molecule has 0 radical (unpaired) electrons. The first-order valence-corrected chi connectivity index (χ1v) is 5.32. The van der Waals surface area contributed by atoms with Crippen LogP contribution in [0.4, 0.5) is 0 Å². The molecule has 0 aliphatic carbocycles. The molecule has 0 aliphatic rings. The molecule has 19 heavy (non-hydrogen) atoms. The largest absolute Gasteiger partial charge is 0.493 e. The minimum Gasteiger partial charge on any atom is -0.493 e. The monoisotopic (exact) mass is 263 g/mol. The number of rotatable bonds is 5. The van der Waals surface area contributed by atoms with E-state index in [1.807, 2.05) is 0 Å². The molecular weight excluding hydrogens is 250 g/mol. The average molecular weight is 263 g/mol. The Labute approximate surface area is 110 Å². The maximum Gasteiger partial charge on any atom is 0.376 e. The van der Waals surface area contributed by atoms with Gasteiger partial charge in [-0.25, -0.2) is 4.79 Å². The highest BCUT2D eigenvalue weighted by Gasteiger charge is 2.28. The van der Waals surface area contributed by atoms with Gasteiger partial charge in [-0.2, -0.15) is 5.26 Å². The van der Waals surface area contributed by atoms with Crippen molar-refractivity contribution in [2.24, 2.45) is 0 Å². The molecule has 1 aromatic carbocycles. The van der Waals surface area contributed by atoms with E-state index in [1.165, 1.54) is 26.4 Å². The lowest BCUT2D eigenvalue weighted by atomic mass is 9.95. The predicted octanol–water partition coefficient (Wildman–Crippen LogP) is 1.05. The Kier molecular flexibility index (Phi) is 4.89. The van der Waals surface area contributed by atoms with E-state index < -0.39 is 17.7 Å². The molecule has 1 rings (SSSR count). The van der Waals surface area contributed by atoms with Crippen LogP contribution >= 0.6 is 0 Å². The highest BCUT2D eigenvalue weighted by molar-refractivity contribution is 6.36. The summed E-state index contributed by atoms with van der Waals surface area (Å²) in [4.78, 5) is 22.9. The fourth-order valence-electron chi connectivity index (χ4n) is 1.54. The maximum absolute atomic E-state index is 11.7. The van der Waals surface area contributed by atoms with E-state index in [0.29, 0.717) is 17.1 Å². The first-order chi connectivity index (χ1) is 9.08. The summed E-state index contributed by atoms with van der Waals surface area (Å²) >= 11 is 0. The standard InChI is InChI=1S/C13H13NO5/c1-17-10-5-4-8(6-11(10)18-2)9(7-14)12(15)13(16)19-3/h4-6,9H,1-3H3/t9-/m0/s1. The third kappa shape index (κ3) is 3.01. The van der Waals surface area contributed by atoms with Crippen LogP contribution in [0.2, 0.25) is 0 Å². The lowest BCUT2D eigenvalue weighted by Gasteiger charge is -2.11. The SMILES string of the molecule is COC(=O)C(=O)[C@@H](C#N)c1ccc(OC)c(OC)c1. The number of hydrogen-bond acceptors (Lipinski definition) is 6. The highest BCUT2D eigenvalue weighted by Crippen LogP contribution is 2.30. The van der Waals surface area contributed by atoms with Gasteiger partial charge in [0.15, 0.2) is 11.5 Å². The van der Waals surface area contributed by atoms with Gasteiger partial charge >= 0.3 is 5.97 Å². The zero-order valence-electron chi connectivity index (χ0n) is 10.8. The number of nitriles is 1. The lowest BCUT2D eigenvalue weighted by Crippen LogP contribution is -2.22. The van der Waals surface area contributed by atoms with Crippen LogP contribution in [0, 0.1) is 11.3 Å². The normalized spacial score (nSPS) is 11.1. The van der Waals surface area contributed by atoms with E-state index in [-0.39, 0.29) is 0 Å². The van der Waals surface area contributed by atoms with Crippen LogP contribution in [0.25, 0.3) is 0 Å². The second-order valence-electron chi connectivity index (χ2n) is 3.53. The second-order valence-corrected chi connectivity index (χ2v) is 3.53. The van der Waals surface area contributed by atoms with Crippen molar-refractivity contribution in [3.05, 3.63) is 23.8 Å². The molecule has 0 saturated heterocycles. The first kappa shape index (κ1) is 14.5. The average Bonchev–Trinajstić information content (AvgIpc) is 2.46. The zero-order valence-corrected chi connectivity index (χ0v) is 10.8. The second kappa shape index (κ2) is 6.40. The van der Waals surface area contributed by atoms with Gasteiger partial charge < -0.3 is 14.2 Å². The Balaban J connectivity index is 3.17. The molecule has 0 heterocycles. The summed E-state index contributed by atoms with van der Waals surface area (Å²) < 4.78 is 14.4. The quantitative estimate of drug-likeness (QED) is 0.583. The summed E-state index contributed by atoms with van der Waals surface area (Å²) in [7, 11) is 3.99. The summed E-state index contributed by atoms with van der Waals surface area (Å²) in [5.41, 5.74) is 0.343. The molecule has 100 valence electrons. The van der Waals surface area contributed by atoms with E-state index in [0.717, 1.165) is 7.11 Å². The summed E-state index contributed by atoms with van der Waals surface area (Å²) in [6.45, 7) is 0. The molecular formula is C13H13NO5. The third-order valence-electron chi connectivity index (χ3n) is 2.52. The Bertz CT molecular complexity index is 532. The first-order valence-electron chi connectivity index (χ1n) is 5.32. The van der Waals surface area contributed by atoms with E-state index in [1.54, 1.807) is 12.1 Å². The van der Waals surface area contributed by atoms with Crippen molar-refractivity contribution in [3.63, 3.8) is 0 Å². The van der Waals surface area contributed by atoms with Crippen molar-refractivity contribution in [1.82, 2.24) is 0 Å². The molecule has 0 unspecified atom stereocenters. The molecule has 6 nitrogen and oxygen atoms in total. The Morgan fingerprint density at radius 3 is 2.26 bits per heavy atom. The van der Waals surface area contributed by atoms with Gasteiger partial charge in [0.05, 0.1) is 27.4 Å². The summed E-state index contributed by atoms with van der Waals surface area (Å²) in [6, 6.07) is 6.34. The van der Waals surface area contributed by atoms with Gasteiger partial charge in [-0.3, -0.25) is 4.79 Å². The van der Waals surface area contributed by atoms with Crippen molar-refractivity contribution in [2.45, 2.75) is 5.92 Å². The van der Waals surface area contributed by atoms with Gasteiger partial charge in [0.1, 0.15) is 5.92 Å². The number of Topliss-reactive ketones (excluding diaryl/α,β-unsaturated/α-hetero) is 1. The Morgan fingerprint density at radius 2 is 1.79 bits per heavy atom. The molecule has 0 saturated carbocycles. The summed E-state index contributed by atoms with van der Waals surface area (Å²) in [5.74, 6) is -2.36. The van der Waals surface area contributed by atoms with Gasteiger partial charge in [-0.05, 0) is 17.7 Å². The molecule has 0 bridgehead atoms. The molecule has 6 heteroatoms. The molecule has 0 aliphatic heterocycles. The molecule has 0 fully saturated rings. The number of methoxy groups -OCH3 is 3. The van der Waals surface area contributed by atoms with Crippen molar-refractivity contribution >= 4 is 11.8 Å². The van der Waals surface area contributed by atoms with Crippen LogP contribution in [0.15, 0.2) is 18.2 Å². The molecule has 0 aromatic heterocycles. The van der Waals surface area contributed by atoms with Crippen LogP contribution < -0.4 is 9.47 Å². The van der Waals surface area contributed by atoms with Crippen molar-refractivity contribution in [1.29, 1.82) is 5.26 Å². The number of carbonyl (C=O) groups excluding carboxylic acids is 2. The van der Waals surface area contributed by atoms with Crippen LogP contribution in [0.1, 0.15) is 11.5 Å². The number of ether oxygens (including phenoxy) is 3. The van der Waals surface area contributed by atoms with Gasteiger partial charge in [-0.1, -0.05) is 6.07 Å². The van der Waals surface area contributed by atoms with Crippen molar-refractivity contribution in [2.75, 3.05) is 21.3 Å². The van der Waals surface area contributed by atoms with E-state index in [9.17, 15) is 9.59 Å². The minimum atomic E-state index is -1.23. The lowest BCUT2D eigenvalue weighted by molar-refractivity contribution is -0.151. The smallest absolute Gasteiger partial charge is 0.376 e. The van der Waals surface area contributed by atoms with Crippen LogP contribution in [0.3, 0.4) is 0 Å². The molecule has 1 aromatic rings. The van der Waals surface area contributed by atoms with E-state index >= 15 is 0 Å². The summed E-state index contributed by atoms with van der Waals surface area (Å²) in [6.07, 6.45) is 0. The number of esters is 1. The third-order valence-corrected chi connectivity index (χ3v) is 2.52. The molecule has 0 spiro atoms. The van der Waals surface area contributed by atoms with Crippen LogP contribution in [-0.2, 0) is 14.3 Å². The number of nitrogens with zero attached hydrogens (tertiary/aromatic N) is 1. The Morgan fingerprint density at radius 1 is 1.16 bits per heavy atom. The zero-order chi connectivity index (χ0) is 14.4. The molecule has 0 N–H and O–H groups in total. The molecule has 1 atom stereocenters. The Hall–Kier alpha value is -2.55. The molecule has 0 amide bonds. The van der Waals surface area contributed by atoms with Gasteiger partial charge in [-0.15, -0.1) is 0 Å². The fourth-order valence-corrected chi connectivity index (χ4v) is 1.54. The minimum absolute atomic E-state index is 0.343. The van der Waals surface area contributed by atoms with Crippen LogP contribution in [-0.4, -0.2) is 33.1 Å². The van der Waals surface area contributed by atoms with Crippen LogP contribution in [0.5, 0.6) is 11.5 Å². The van der Waals surface area contributed by atoms with Crippen molar-refractivity contribution in [3.8, 4) is 17.6 Å². The van der Waals surface area contributed by atoms with E-state index in [4.69, 9.17) is 14.7 Å². The fraction of sp³-hybridized carbons (Fsp3) is 0.308. The number of ketones is 1. The summed E-state index contributed by atoms with van der Waals surface area (Å²) in [5, 5.41) is 9.03. The van der Waals surface area contributed by atoms with Gasteiger partial charge in [0.25, 0.3) is 5.78 Å². The topological polar surface area (TPSA) is 85.6 Å². The van der Waals surface area contributed by atoms with Gasteiger partial charge in [0, 0.05) is 0 Å². The predicted molar refractivity (Wildman–Crippen MR) is 64.9 cm³/mol. The maximum atomic E-state index is 11.7. The highest BCUT2D eigenvalue weighted by atomic mass is 16.5. The number of hydrogen-bond donors (Lipinski definition) is 0. The number of carbonyl (C=O) groups is 2. The van der Waals surface area contributed by atoms with E-state index in [2.05, 4.69) is 4.74 Å². The van der Waals surface area contributed by atoms with Gasteiger partial charge in [0.2, 0.25) is 0 Å².